The molecule has 1 heterocycles. The summed E-state index contributed by atoms with van der Waals surface area (Å²) in [5.74, 6) is 0.198. The smallest absolute Gasteiger partial charge is 0.290 e. The van der Waals surface area contributed by atoms with E-state index in [4.69, 9.17) is 14.9 Å². The maximum Gasteiger partial charge on any atom is 0.290 e. The van der Waals surface area contributed by atoms with E-state index in [1.54, 1.807) is 12.0 Å². The summed E-state index contributed by atoms with van der Waals surface area (Å²) in [6.07, 6.45) is 0.770. The lowest BCUT2D eigenvalue weighted by Gasteiger charge is -2.21. The average molecular weight is 352 g/mol. The van der Waals surface area contributed by atoms with Gasteiger partial charge in [-0.1, -0.05) is 48.5 Å². The Labute approximate surface area is 153 Å². The van der Waals surface area contributed by atoms with Crippen LogP contribution in [0, 0.1) is 0 Å². The third-order valence-electron chi connectivity index (χ3n) is 4.38. The summed E-state index contributed by atoms with van der Waals surface area (Å²) in [5.41, 5.74) is 8.40. The quantitative estimate of drug-likeness (QED) is 0.676. The maximum atomic E-state index is 13.1. The summed E-state index contributed by atoms with van der Waals surface area (Å²) >= 11 is 0. The number of furan rings is 1. The highest BCUT2D eigenvalue weighted by Crippen LogP contribution is 2.27. The average Bonchev–Trinajstić information content (AvgIpc) is 3.04. The fourth-order valence-corrected chi connectivity index (χ4v) is 3.08. The molecule has 2 N–H and O–H groups in total. The van der Waals surface area contributed by atoms with Crippen molar-refractivity contribution >= 4 is 16.9 Å². The molecule has 0 atom stereocenters. The normalized spacial score (nSPS) is 11.0. The van der Waals surface area contributed by atoms with Crippen LogP contribution in [0.15, 0.2) is 59.0 Å². The Hall–Kier alpha value is -2.63. The predicted molar refractivity (Wildman–Crippen MR) is 102 cm³/mol. The predicted octanol–water partition coefficient (Wildman–Crippen LogP) is 3.22. The summed E-state index contributed by atoms with van der Waals surface area (Å²) in [7, 11) is 1.61. The van der Waals surface area contributed by atoms with Gasteiger partial charge in [0, 0.05) is 37.7 Å². The molecule has 0 spiro atoms. The van der Waals surface area contributed by atoms with E-state index in [9.17, 15) is 4.79 Å². The van der Waals surface area contributed by atoms with Crippen LogP contribution in [0.3, 0.4) is 0 Å². The van der Waals surface area contributed by atoms with Gasteiger partial charge in [-0.3, -0.25) is 4.79 Å². The van der Waals surface area contributed by atoms with Crippen LogP contribution < -0.4 is 5.73 Å². The molecule has 0 radical (unpaired) electrons. The first-order valence-corrected chi connectivity index (χ1v) is 8.77. The molecule has 2 aromatic carbocycles. The number of methoxy groups -OCH3 is 1. The van der Waals surface area contributed by atoms with E-state index in [0.29, 0.717) is 37.6 Å². The van der Waals surface area contributed by atoms with Crippen molar-refractivity contribution in [2.24, 2.45) is 5.73 Å². The molecule has 5 nitrogen and oxygen atoms in total. The Bertz CT molecular complexity index is 858. The highest BCUT2D eigenvalue weighted by molar-refractivity contribution is 5.99. The molecule has 0 bridgehead atoms. The zero-order chi connectivity index (χ0) is 18.4. The molecular formula is C21H24N2O3. The first kappa shape index (κ1) is 18.2. The van der Waals surface area contributed by atoms with Crippen molar-refractivity contribution in [3.05, 3.63) is 71.5 Å². The van der Waals surface area contributed by atoms with Crippen LogP contribution in [-0.4, -0.2) is 37.6 Å². The SMILES string of the molecule is COCc1c(C(=O)N(CCN)CCc2ccccc2)oc2ccccc12. The molecule has 0 aliphatic heterocycles. The number of ether oxygens (including phenoxy) is 1. The molecule has 0 saturated heterocycles. The van der Waals surface area contributed by atoms with Gasteiger partial charge in [0.2, 0.25) is 0 Å². The Morgan fingerprint density at radius 3 is 2.54 bits per heavy atom. The van der Waals surface area contributed by atoms with Gasteiger partial charge in [0.05, 0.1) is 6.61 Å². The van der Waals surface area contributed by atoms with Crippen molar-refractivity contribution in [2.75, 3.05) is 26.7 Å². The van der Waals surface area contributed by atoms with Gasteiger partial charge >= 0.3 is 0 Å². The monoisotopic (exact) mass is 352 g/mol. The van der Waals surface area contributed by atoms with Gasteiger partial charge in [0.1, 0.15) is 5.58 Å². The van der Waals surface area contributed by atoms with Gasteiger partial charge in [0.25, 0.3) is 5.91 Å². The molecule has 1 amide bonds. The molecule has 5 heteroatoms. The Kier molecular flexibility index (Phi) is 6.04. The third-order valence-corrected chi connectivity index (χ3v) is 4.38. The number of benzene rings is 2. The van der Waals surface area contributed by atoms with Crippen molar-refractivity contribution in [1.29, 1.82) is 0 Å². The van der Waals surface area contributed by atoms with Gasteiger partial charge in [-0.25, -0.2) is 0 Å². The molecule has 0 aliphatic carbocycles. The van der Waals surface area contributed by atoms with Crippen LogP contribution in [0.5, 0.6) is 0 Å². The first-order valence-electron chi connectivity index (χ1n) is 8.77. The lowest BCUT2D eigenvalue weighted by Crippen LogP contribution is -2.37. The number of rotatable bonds is 8. The summed E-state index contributed by atoms with van der Waals surface area (Å²) in [6, 6.07) is 17.7. The fraction of sp³-hybridized carbons (Fsp3) is 0.286. The van der Waals surface area contributed by atoms with E-state index in [-0.39, 0.29) is 5.91 Å². The molecule has 1 aromatic heterocycles. The van der Waals surface area contributed by atoms with Crippen LogP contribution in [0.25, 0.3) is 11.0 Å². The largest absolute Gasteiger partial charge is 0.451 e. The summed E-state index contributed by atoms with van der Waals surface area (Å²) < 4.78 is 11.2. The number of amides is 1. The van der Waals surface area contributed by atoms with E-state index in [1.807, 2.05) is 42.5 Å². The van der Waals surface area contributed by atoms with E-state index in [2.05, 4.69) is 12.1 Å². The molecule has 0 unspecified atom stereocenters. The number of carbonyl (C=O) groups excluding carboxylic acids is 1. The summed E-state index contributed by atoms with van der Waals surface area (Å²) in [5, 5.41) is 0.911. The van der Waals surface area contributed by atoms with Gasteiger partial charge in [-0.05, 0) is 18.1 Å². The van der Waals surface area contributed by atoms with Gasteiger partial charge in [-0.2, -0.15) is 0 Å². The number of hydrogen-bond acceptors (Lipinski definition) is 4. The van der Waals surface area contributed by atoms with E-state index in [0.717, 1.165) is 17.4 Å². The number of carbonyl (C=O) groups is 1. The minimum Gasteiger partial charge on any atom is -0.451 e. The summed E-state index contributed by atoms with van der Waals surface area (Å²) in [4.78, 5) is 14.9. The molecule has 26 heavy (non-hydrogen) atoms. The molecule has 0 saturated carbocycles. The van der Waals surface area contributed by atoms with Crippen LogP contribution in [0.4, 0.5) is 0 Å². The van der Waals surface area contributed by atoms with E-state index in [1.165, 1.54) is 5.56 Å². The fourth-order valence-electron chi connectivity index (χ4n) is 3.08. The highest BCUT2D eigenvalue weighted by Gasteiger charge is 2.24. The first-order chi connectivity index (χ1) is 12.7. The van der Waals surface area contributed by atoms with Crippen LogP contribution in [0.1, 0.15) is 21.7 Å². The molecule has 3 aromatic rings. The molecule has 0 aliphatic rings. The highest BCUT2D eigenvalue weighted by atomic mass is 16.5. The van der Waals surface area contributed by atoms with Crippen molar-refractivity contribution < 1.29 is 13.9 Å². The van der Waals surface area contributed by atoms with Crippen molar-refractivity contribution in [3.63, 3.8) is 0 Å². The number of fused-ring (bicyclic) bond motifs is 1. The Morgan fingerprint density at radius 2 is 1.81 bits per heavy atom. The maximum absolute atomic E-state index is 13.1. The molecule has 3 rings (SSSR count). The zero-order valence-corrected chi connectivity index (χ0v) is 15.0. The molecule has 136 valence electrons. The second kappa shape index (κ2) is 8.65. The standard InChI is InChI=1S/C21H24N2O3/c1-25-15-18-17-9-5-6-10-19(17)26-20(18)21(24)23(14-12-22)13-11-16-7-3-2-4-8-16/h2-10H,11-15,22H2,1H3. The van der Waals surface area contributed by atoms with Crippen molar-refractivity contribution in [2.45, 2.75) is 13.0 Å². The minimum atomic E-state index is -0.144. The van der Waals surface area contributed by atoms with Crippen LogP contribution >= 0.6 is 0 Å². The second-order valence-electron chi connectivity index (χ2n) is 6.16. The number of nitrogens with two attached hydrogens (primary N) is 1. The topological polar surface area (TPSA) is 68.7 Å². The lowest BCUT2D eigenvalue weighted by molar-refractivity contribution is 0.0726. The molecular weight excluding hydrogens is 328 g/mol. The van der Waals surface area contributed by atoms with Crippen molar-refractivity contribution in [3.8, 4) is 0 Å². The van der Waals surface area contributed by atoms with Gasteiger partial charge < -0.3 is 19.8 Å². The van der Waals surface area contributed by atoms with Crippen LogP contribution in [-0.2, 0) is 17.8 Å². The van der Waals surface area contributed by atoms with Gasteiger partial charge in [-0.15, -0.1) is 0 Å². The lowest BCUT2D eigenvalue weighted by atomic mass is 10.1. The van der Waals surface area contributed by atoms with E-state index >= 15 is 0 Å². The van der Waals surface area contributed by atoms with E-state index < -0.39 is 0 Å². The van der Waals surface area contributed by atoms with Crippen molar-refractivity contribution in [1.82, 2.24) is 4.90 Å². The second-order valence-corrected chi connectivity index (χ2v) is 6.16. The minimum absolute atomic E-state index is 0.144. The Morgan fingerprint density at radius 1 is 1.08 bits per heavy atom. The summed E-state index contributed by atoms with van der Waals surface area (Å²) in [6.45, 7) is 1.80. The Balaban J connectivity index is 1.86. The number of nitrogens with zero attached hydrogens (tertiary/aromatic N) is 1. The zero-order valence-electron chi connectivity index (χ0n) is 15.0. The number of hydrogen-bond donors (Lipinski definition) is 1. The van der Waals surface area contributed by atoms with Crippen LogP contribution in [0.2, 0.25) is 0 Å². The molecule has 0 fully saturated rings. The number of para-hydroxylation sites is 1. The third kappa shape index (κ3) is 3.95. The van der Waals surface area contributed by atoms with Gasteiger partial charge in [0.15, 0.2) is 5.76 Å².